The van der Waals surface area contributed by atoms with E-state index in [1.54, 1.807) is 0 Å². The lowest BCUT2D eigenvalue weighted by molar-refractivity contribution is 0.575. The monoisotopic (exact) mass is 334 g/mol. The Balaban J connectivity index is 1.95. The molecule has 0 bridgehead atoms. The molecule has 122 valence electrons. The summed E-state index contributed by atoms with van der Waals surface area (Å²) in [6.45, 7) is 6.46. The summed E-state index contributed by atoms with van der Waals surface area (Å²) in [4.78, 5) is 1.74. The van der Waals surface area contributed by atoms with Gasteiger partial charge in [0.05, 0.1) is 10.8 Å². The molecular weight excluding hydrogens is 312 g/mol. The Kier molecular flexibility index (Phi) is 4.68. The van der Waals surface area contributed by atoms with Crippen LogP contribution in [0.2, 0.25) is 0 Å². The smallest absolute Gasteiger partial charge is 0.0852 e. The highest BCUT2D eigenvalue weighted by Gasteiger charge is 2.21. The SMILES string of the molecule is CC(C)(C)c1ccccc1S(=O)c1ccc(-c2ccccc2)cc1. The van der Waals surface area contributed by atoms with Crippen molar-refractivity contribution in [3.8, 4) is 11.1 Å². The largest absolute Gasteiger partial charge is 0.249 e. The Morgan fingerprint density at radius 1 is 0.667 bits per heavy atom. The predicted molar refractivity (Wildman–Crippen MR) is 102 cm³/mol. The normalized spacial score (nSPS) is 12.8. The first-order valence-corrected chi connectivity index (χ1v) is 9.28. The molecule has 3 aromatic rings. The van der Waals surface area contributed by atoms with Crippen molar-refractivity contribution in [2.24, 2.45) is 0 Å². The molecule has 1 unspecified atom stereocenters. The van der Waals surface area contributed by atoms with E-state index in [0.717, 1.165) is 20.9 Å². The molecule has 3 rings (SSSR count). The topological polar surface area (TPSA) is 17.1 Å². The Morgan fingerprint density at radius 3 is 1.83 bits per heavy atom. The average molecular weight is 334 g/mol. The van der Waals surface area contributed by atoms with Crippen molar-refractivity contribution in [1.29, 1.82) is 0 Å². The summed E-state index contributed by atoms with van der Waals surface area (Å²) in [6, 6.07) is 26.3. The first-order chi connectivity index (χ1) is 11.5. The molecule has 0 fully saturated rings. The fraction of sp³-hybridized carbons (Fsp3) is 0.182. The molecule has 0 aliphatic carbocycles. The summed E-state index contributed by atoms with van der Waals surface area (Å²) in [5, 5.41) is 0. The summed E-state index contributed by atoms with van der Waals surface area (Å²) in [5.41, 5.74) is 3.41. The van der Waals surface area contributed by atoms with Crippen LogP contribution in [0.15, 0.2) is 88.7 Å². The molecule has 0 aliphatic heterocycles. The maximum Gasteiger partial charge on any atom is 0.0852 e. The lowest BCUT2D eigenvalue weighted by atomic mass is 9.87. The highest BCUT2D eigenvalue weighted by Crippen LogP contribution is 2.30. The van der Waals surface area contributed by atoms with Gasteiger partial charge in [-0.1, -0.05) is 81.4 Å². The van der Waals surface area contributed by atoms with Crippen molar-refractivity contribution < 1.29 is 4.21 Å². The number of hydrogen-bond acceptors (Lipinski definition) is 1. The van der Waals surface area contributed by atoms with E-state index in [-0.39, 0.29) is 5.41 Å². The predicted octanol–water partition coefficient (Wildman–Crippen LogP) is 5.82. The number of hydrogen-bond donors (Lipinski definition) is 0. The standard InChI is InChI=1S/C22H22OS/c1-22(2,3)20-11-7-8-12-21(20)24(23)19-15-13-18(14-16-19)17-9-5-4-6-10-17/h4-16H,1-3H3. The third kappa shape index (κ3) is 3.49. The van der Waals surface area contributed by atoms with Gasteiger partial charge in [-0.3, -0.25) is 0 Å². The average Bonchev–Trinajstić information content (AvgIpc) is 2.61. The molecule has 3 aromatic carbocycles. The van der Waals surface area contributed by atoms with Crippen LogP contribution in [0.5, 0.6) is 0 Å². The van der Waals surface area contributed by atoms with E-state index >= 15 is 0 Å². The van der Waals surface area contributed by atoms with Crippen molar-refractivity contribution >= 4 is 10.8 Å². The summed E-state index contributed by atoms with van der Waals surface area (Å²) in [6.07, 6.45) is 0. The van der Waals surface area contributed by atoms with Crippen LogP contribution in [-0.4, -0.2) is 4.21 Å². The zero-order chi connectivity index (χ0) is 17.2. The lowest BCUT2D eigenvalue weighted by Crippen LogP contribution is -2.14. The van der Waals surface area contributed by atoms with E-state index in [1.165, 1.54) is 5.56 Å². The first kappa shape index (κ1) is 16.7. The van der Waals surface area contributed by atoms with Gasteiger partial charge in [-0.15, -0.1) is 0 Å². The van der Waals surface area contributed by atoms with Gasteiger partial charge in [-0.2, -0.15) is 0 Å². The summed E-state index contributed by atoms with van der Waals surface area (Å²) < 4.78 is 13.1. The zero-order valence-electron chi connectivity index (χ0n) is 14.3. The molecule has 0 amide bonds. The minimum atomic E-state index is -1.17. The van der Waals surface area contributed by atoms with Crippen LogP contribution >= 0.6 is 0 Å². The van der Waals surface area contributed by atoms with E-state index in [0.29, 0.717) is 0 Å². The second-order valence-corrected chi connectivity index (χ2v) is 8.35. The van der Waals surface area contributed by atoms with Crippen molar-refractivity contribution in [2.45, 2.75) is 36.0 Å². The highest BCUT2D eigenvalue weighted by molar-refractivity contribution is 7.85. The lowest BCUT2D eigenvalue weighted by Gasteiger charge is -2.22. The van der Waals surface area contributed by atoms with Gasteiger partial charge in [0.2, 0.25) is 0 Å². The van der Waals surface area contributed by atoms with E-state index in [1.807, 2.05) is 60.7 Å². The van der Waals surface area contributed by atoms with E-state index in [4.69, 9.17) is 0 Å². The minimum absolute atomic E-state index is 0.0315. The second kappa shape index (κ2) is 6.74. The molecule has 0 spiro atoms. The fourth-order valence-corrected chi connectivity index (χ4v) is 4.19. The molecule has 0 radical (unpaired) electrons. The van der Waals surface area contributed by atoms with Gasteiger partial charge in [0.15, 0.2) is 0 Å². The van der Waals surface area contributed by atoms with Gasteiger partial charge < -0.3 is 0 Å². The van der Waals surface area contributed by atoms with Crippen LogP contribution in [0.3, 0.4) is 0 Å². The summed E-state index contributed by atoms with van der Waals surface area (Å²) in [5.74, 6) is 0. The van der Waals surface area contributed by atoms with Gasteiger partial charge in [-0.05, 0) is 40.3 Å². The van der Waals surface area contributed by atoms with Gasteiger partial charge in [0, 0.05) is 9.79 Å². The Labute approximate surface area is 146 Å². The Hall–Kier alpha value is -2.19. The molecule has 0 saturated carbocycles. The molecule has 1 atom stereocenters. The molecule has 0 saturated heterocycles. The number of rotatable bonds is 3. The molecule has 0 N–H and O–H groups in total. The molecular formula is C22H22OS. The minimum Gasteiger partial charge on any atom is -0.249 e. The molecule has 2 heteroatoms. The van der Waals surface area contributed by atoms with Crippen LogP contribution in [0.4, 0.5) is 0 Å². The summed E-state index contributed by atoms with van der Waals surface area (Å²) in [7, 11) is -1.17. The van der Waals surface area contributed by atoms with E-state index in [2.05, 4.69) is 39.0 Å². The molecule has 0 aliphatic rings. The van der Waals surface area contributed by atoms with E-state index in [9.17, 15) is 4.21 Å². The van der Waals surface area contributed by atoms with Crippen molar-refractivity contribution in [1.82, 2.24) is 0 Å². The van der Waals surface area contributed by atoms with Gasteiger partial charge in [-0.25, -0.2) is 4.21 Å². The molecule has 0 heterocycles. The molecule has 1 nitrogen and oxygen atoms in total. The summed E-state index contributed by atoms with van der Waals surface area (Å²) >= 11 is 0. The first-order valence-electron chi connectivity index (χ1n) is 8.13. The third-order valence-corrected chi connectivity index (χ3v) is 5.53. The maximum atomic E-state index is 13.1. The molecule has 0 aromatic heterocycles. The Morgan fingerprint density at radius 2 is 1.21 bits per heavy atom. The quantitative estimate of drug-likeness (QED) is 0.590. The van der Waals surface area contributed by atoms with Crippen LogP contribution in [0.25, 0.3) is 11.1 Å². The van der Waals surface area contributed by atoms with Crippen LogP contribution in [0, 0.1) is 0 Å². The maximum absolute atomic E-state index is 13.1. The second-order valence-electron chi connectivity index (χ2n) is 6.91. The third-order valence-electron chi connectivity index (χ3n) is 4.07. The van der Waals surface area contributed by atoms with Crippen molar-refractivity contribution in [2.75, 3.05) is 0 Å². The highest BCUT2D eigenvalue weighted by atomic mass is 32.2. The van der Waals surface area contributed by atoms with Gasteiger partial charge in [0.25, 0.3) is 0 Å². The van der Waals surface area contributed by atoms with Crippen LogP contribution in [-0.2, 0) is 16.2 Å². The van der Waals surface area contributed by atoms with Crippen LogP contribution < -0.4 is 0 Å². The van der Waals surface area contributed by atoms with Gasteiger partial charge in [0.1, 0.15) is 0 Å². The fourth-order valence-electron chi connectivity index (χ4n) is 2.78. The van der Waals surface area contributed by atoms with E-state index < -0.39 is 10.8 Å². The molecule has 24 heavy (non-hydrogen) atoms. The Bertz CT molecular complexity index is 843. The zero-order valence-corrected chi connectivity index (χ0v) is 15.1. The van der Waals surface area contributed by atoms with Crippen LogP contribution in [0.1, 0.15) is 26.3 Å². The number of benzene rings is 3. The van der Waals surface area contributed by atoms with Crippen molar-refractivity contribution in [3.63, 3.8) is 0 Å². The van der Waals surface area contributed by atoms with Crippen molar-refractivity contribution in [3.05, 3.63) is 84.4 Å². The van der Waals surface area contributed by atoms with Gasteiger partial charge >= 0.3 is 0 Å².